The smallest absolute Gasteiger partial charge is 0.253 e. The number of H-pyrrole nitrogens is 1. The molecule has 2 N–H and O–H groups in total. The van der Waals surface area contributed by atoms with E-state index in [4.69, 9.17) is 0 Å². The van der Waals surface area contributed by atoms with Crippen LogP contribution >= 0.6 is 35.0 Å². The number of halogens is 2. The summed E-state index contributed by atoms with van der Waals surface area (Å²) in [5.41, 5.74) is 1.80. The maximum Gasteiger partial charge on any atom is 0.253 e. The van der Waals surface area contributed by atoms with Gasteiger partial charge in [0.05, 0.1) is 16.5 Å². The summed E-state index contributed by atoms with van der Waals surface area (Å²) in [7, 11) is 0. The quantitative estimate of drug-likeness (QED) is 0.401. The number of rotatable bonds is 6. The molecule has 0 aliphatic carbocycles. The van der Waals surface area contributed by atoms with E-state index in [1.54, 1.807) is 12.1 Å². The molecule has 0 bridgehead atoms. The van der Waals surface area contributed by atoms with E-state index in [2.05, 4.69) is 51.6 Å². The number of nitrogens with one attached hydrogen (secondary N) is 2. The van der Waals surface area contributed by atoms with E-state index in [9.17, 15) is 9.59 Å². The Hall–Kier alpha value is -1.64. The van der Waals surface area contributed by atoms with Crippen LogP contribution in [0.5, 0.6) is 0 Å². The van der Waals surface area contributed by atoms with Crippen molar-refractivity contribution in [1.29, 1.82) is 0 Å². The van der Waals surface area contributed by atoms with Crippen molar-refractivity contribution in [3.63, 3.8) is 0 Å². The van der Waals surface area contributed by atoms with Gasteiger partial charge in [0.1, 0.15) is 0 Å². The minimum absolute atomic E-state index is 0. The van der Waals surface area contributed by atoms with Gasteiger partial charge in [-0.05, 0) is 59.9 Å². The molecule has 3 rings (SSSR count). The molecule has 2 aromatic carbocycles. The normalized spacial score (nSPS) is 11.0. The molecule has 0 radical (unpaired) electrons. The molecule has 3 aromatic rings. The topological polar surface area (TPSA) is 65.2 Å². The number of fused-ring (bicyclic) bond motifs is 2. The minimum atomic E-state index is -0.163. The van der Waals surface area contributed by atoms with Crippen LogP contribution in [-0.4, -0.2) is 42.0 Å². The van der Waals surface area contributed by atoms with Gasteiger partial charge in [-0.3, -0.25) is 9.59 Å². The molecule has 0 aliphatic heterocycles. The Balaban J connectivity index is 0.00000261. The van der Waals surface area contributed by atoms with E-state index in [1.165, 1.54) is 0 Å². The minimum Gasteiger partial charge on any atom is -0.354 e. The van der Waals surface area contributed by atoms with Crippen molar-refractivity contribution >= 4 is 62.7 Å². The lowest BCUT2D eigenvalue weighted by Crippen LogP contribution is -2.35. The Morgan fingerprint density at radius 2 is 1.85 bits per heavy atom. The first-order valence-corrected chi connectivity index (χ1v) is 9.88. The van der Waals surface area contributed by atoms with E-state index >= 15 is 0 Å². The third-order valence-electron chi connectivity index (χ3n) is 4.67. The predicted molar refractivity (Wildman–Crippen MR) is 122 cm³/mol. The van der Waals surface area contributed by atoms with Crippen LogP contribution in [0.1, 0.15) is 24.2 Å². The Bertz CT molecular complexity index is 1020. The van der Waals surface area contributed by atoms with Gasteiger partial charge in [0, 0.05) is 27.6 Å². The first kappa shape index (κ1) is 21.7. The second kappa shape index (κ2) is 9.52. The molecule has 0 saturated carbocycles. The molecule has 0 saturated heterocycles. The number of nitrogens with zero attached hydrogens (tertiary/aromatic N) is 1. The van der Waals surface area contributed by atoms with Crippen molar-refractivity contribution in [2.24, 2.45) is 0 Å². The van der Waals surface area contributed by atoms with E-state index in [0.29, 0.717) is 28.4 Å². The zero-order valence-electron chi connectivity index (χ0n) is 15.3. The van der Waals surface area contributed by atoms with Crippen LogP contribution < -0.4 is 10.7 Å². The van der Waals surface area contributed by atoms with Gasteiger partial charge >= 0.3 is 0 Å². The number of aromatic nitrogens is 1. The summed E-state index contributed by atoms with van der Waals surface area (Å²) in [5, 5.41) is 4.18. The van der Waals surface area contributed by atoms with Crippen LogP contribution in [0, 0.1) is 3.57 Å². The Kier molecular flexibility index (Phi) is 7.64. The molecule has 1 aromatic heterocycles. The zero-order chi connectivity index (χ0) is 18.7. The lowest BCUT2D eigenvalue weighted by atomic mass is 10.1. The van der Waals surface area contributed by atoms with Crippen molar-refractivity contribution in [2.45, 2.75) is 13.8 Å². The maximum absolute atomic E-state index is 12.9. The number of carbonyl (C=O) groups excluding carboxylic acids is 1. The van der Waals surface area contributed by atoms with Gasteiger partial charge in [0.15, 0.2) is 5.43 Å². The zero-order valence-corrected chi connectivity index (χ0v) is 18.3. The monoisotopic (exact) mass is 499 g/mol. The lowest BCUT2D eigenvalue weighted by molar-refractivity contribution is 0.0950. The van der Waals surface area contributed by atoms with Gasteiger partial charge in [-0.25, -0.2) is 0 Å². The molecule has 0 atom stereocenters. The fourth-order valence-electron chi connectivity index (χ4n) is 3.14. The van der Waals surface area contributed by atoms with Crippen molar-refractivity contribution in [1.82, 2.24) is 15.2 Å². The Morgan fingerprint density at radius 3 is 2.56 bits per heavy atom. The highest BCUT2D eigenvalue weighted by Gasteiger charge is 2.16. The first-order valence-electron chi connectivity index (χ1n) is 8.80. The third kappa shape index (κ3) is 4.44. The number of hydrogen-bond acceptors (Lipinski definition) is 3. The highest BCUT2D eigenvalue weighted by molar-refractivity contribution is 14.1. The second-order valence-corrected chi connectivity index (χ2v) is 7.29. The second-order valence-electron chi connectivity index (χ2n) is 6.13. The molecule has 7 heteroatoms. The summed E-state index contributed by atoms with van der Waals surface area (Å²) in [6, 6.07) is 11.0. The van der Waals surface area contributed by atoms with Crippen molar-refractivity contribution in [2.75, 3.05) is 26.2 Å². The van der Waals surface area contributed by atoms with Crippen LogP contribution in [0.4, 0.5) is 0 Å². The number of likely N-dealkylation sites (N-methyl/N-ethyl adjacent to an activating group) is 1. The average molecular weight is 500 g/mol. The van der Waals surface area contributed by atoms with Crippen LogP contribution in [0.3, 0.4) is 0 Å². The number of carbonyl (C=O) groups is 1. The van der Waals surface area contributed by atoms with Crippen molar-refractivity contribution in [3.8, 4) is 0 Å². The number of para-hydroxylation sites is 1. The summed E-state index contributed by atoms with van der Waals surface area (Å²) in [6.45, 7) is 7.50. The third-order valence-corrected chi connectivity index (χ3v) is 5.56. The highest BCUT2D eigenvalue weighted by Crippen LogP contribution is 2.23. The van der Waals surface area contributed by atoms with E-state index in [-0.39, 0.29) is 23.7 Å². The predicted octanol–water partition coefficient (Wildman–Crippen LogP) is 3.78. The van der Waals surface area contributed by atoms with Gasteiger partial charge in [-0.15, -0.1) is 12.4 Å². The summed E-state index contributed by atoms with van der Waals surface area (Å²) >= 11 is 2.15. The Morgan fingerprint density at radius 1 is 1.15 bits per heavy atom. The molecule has 27 heavy (non-hydrogen) atoms. The molecular formula is C20H23ClIN3O2. The number of hydrogen-bond donors (Lipinski definition) is 2. The molecule has 0 fully saturated rings. The summed E-state index contributed by atoms with van der Waals surface area (Å²) in [4.78, 5) is 31.2. The number of aromatic amines is 1. The SMILES string of the molecule is CCN(CC)CCNC(=O)c1ccc(I)c2c(=O)c3ccccc3[nH]c12.Cl. The lowest BCUT2D eigenvalue weighted by Gasteiger charge is -2.18. The molecule has 5 nitrogen and oxygen atoms in total. The van der Waals surface area contributed by atoms with Crippen LogP contribution in [0.15, 0.2) is 41.2 Å². The largest absolute Gasteiger partial charge is 0.354 e. The van der Waals surface area contributed by atoms with E-state index in [0.717, 1.165) is 28.7 Å². The summed E-state index contributed by atoms with van der Waals surface area (Å²) < 4.78 is 0.837. The molecule has 1 amide bonds. The van der Waals surface area contributed by atoms with Gasteiger partial charge < -0.3 is 15.2 Å². The van der Waals surface area contributed by atoms with Gasteiger partial charge in [-0.1, -0.05) is 26.0 Å². The van der Waals surface area contributed by atoms with Crippen LogP contribution in [0.2, 0.25) is 0 Å². The van der Waals surface area contributed by atoms with Gasteiger partial charge in [0.2, 0.25) is 0 Å². The molecule has 0 aliphatic rings. The number of pyridine rings is 1. The molecule has 0 spiro atoms. The standard InChI is InChI=1S/C20H22IN3O2.ClH/c1-3-24(4-2)12-11-22-20(26)14-9-10-15(21)17-18(14)23-16-8-6-5-7-13(16)19(17)25;/h5-10H,3-4,11-12H2,1-2H3,(H,22,26)(H,23,25);1H. The number of amides is 1. The fraction of sp³-hybridized carbons (Fsp3) is 0.300. The van der Waals surface area contributed by atoms with Crippen molar-refractivity contribution < 1.29 is 4.79 Å². The molecular weight excluding hydrogens is 477 g/mol. The van der Waals surface area contributed by atoms with E-state index in [1.807, 2.05) is 24.3 Å². The molecule has 144 valence electrons. The fourth-order valence-corrected chi connectivity index (χ4v) is 3.83. The van der Waals surface area contributed by atoms with Gasteiger partial charge in [-0.2, -0.15) is 0 Å². The van der Waals surface area contributed by atoms with E-state index < -0.39 is 0 Å². The summed E-state index contributed by atoms with van der Waals surface area (Å²) in [6.07, 6.45) is 0. The summed E-state index contributed by atoms with van der Waals surface area (Å²) in [5.74, 6) is -0.163. The Labute approximate surface area is 178 Å². The average Bonchev–Trinajstić information content (AvgIpc) is 2.65. The van der Waals surface area contributed by atoms with Crippen LogP contribution in [0.25, 0.3) is 21.8 Å². The highest BCUT2D eigenvalue weighted by atomic mass is 127. The molecule has 0 unspecified atom stereocenters. The van der Waals surface area contributed by atoms with Crippen LogP contribution in [-0.2, 0) is 0 Å². The number of benzene rings is 2. The first-order chi connectivity index (χ1) is 12.6. The van der Waals surface area contributed by atoms with Crippen molar-refractivity contribution in [3.05, 3.63) is 55.8 Å². The molecule has 1 heterocycles. The van der Waals surface area contributed by atoms with Gasteiger partial charge in [0.25, 0.3) is 5.91 Å². The maximum atomic E-state index is 12.9.